The van der Waals surface area contributed by atoms with Crippen LogP contribution in [0.3, 0.4) is 0 Å². The van der Waals surface area contributed by atoms with Gasteiger partial charge in [0.05, 0.1) is 0 Å². The zero-order valence-electron chi connectivity index (χ0n) is 40.7. The van der Waals surface area contributed by atoms with Gasteiger partial charge >= 0.3 is 0 Å². The molecule has 12 rings (SSSR count). The summed E-state index contributed by atoms with van der Waals surface area (Å²) in [4.78, 5) is 0. The van der Waals surface area contributed by atoms with E-state index in [0.717, 1.165) is 25.7 Å². The first-order valence-electron chi connectivity index (χ1n) is 23.7. The summed E-state index contributed by atoms with van der Waals surface area (Å²) in [6.45, 7) is 25.3. The van der Waals surface area contributed by atoms with E-state index in [2.05, 4.69) is 201 Å². The first kappa shape index (κ1) is 67.8. The van der Waals surface area contributed by atoms with Crippen molar-refractivity contribution in [1.29, 1.82) is 0 Å². The quantitative estimate of drug-likeness (QED) is 0.142. The van der Waals surface area contributed by atoms with Crippen LogP contribution in [0.4, 0.5) is 0 Å². The van der Waals surface area contributed by atoms with Crippen LogP contribution < -0.4 is 0 Å². The summed E-state index contributed by atoms with van der Waals surface area (Å²) in [7, 11) is 0. The fraction of sp³-hybridized carbons (Fsp3) is 0.333. The van der Waals surface area contributed by atoms with Gasteiger partial charge in [-0.2, -0.15) is 0 Å². The number of hydrogen-bond donors (Lipinski definition) is 0. The molecule has 0 spiro atoms. The number of rotatable bonds is 0. The van der Waals surface area contributed by atoms with E-state index in [1.54, 1.807) is 0 Å². The van der Waals surface area contributed by atoms with Crippen LogP contribution in [0.25, 0.3) is 44.5 Å². The van der Waals surface area contributed by atoms with Crippen LogP contribution in [0.15, 0.2) is 146 Å². The molecule has 0 amide bonds. The van der Waals surface area contributed by atoms with Gasteiger partial charge in [-0.1, -0.05) is 277 Å². The summed E-state index contributed by atoms with van der Waals surface area (Å²) in [5.41, 5.74) is 34.1. The van der Waals surface area contributed by atoms with Crippen molar-refractivity contribution in [3.63, 3.8) is 0 Å². The first-order chi connectivity index (χ1) is 30.9. The van der Waals surface area contributed by atoms with Crippen molar-refractivity contribution in [3.05, 3.63) is 235 Å². The number of hydrogen-bond acceptors (Lipinski definition) is 0. The van der Waals surface area contributed by atoms with Gasteiger partial charge in [-0.3, -0.25) is 0 Å². The van der Waals surface area contributed by atoms with Crippen molar-refractivity contribution < 1.29 is 0 Å². The fourth-order valence-electron chi connectivity index (χ4n) is 9.87. The Kier molecular flexibility index (Phi) is 28.2. The second-order valence-electron chi connectivity index (χ2n) is 18.0. The first-order valence-corrected chi connectivity index (χ1v) is 23.7. The maximum atomic E-state index is 2.31. The maximum Gasteiger partial charge on any atom is -0.00133 e. The average molecular weight is 966 g/mol. The van der Waals surface area contributed by atoms with Crippen LogP contribution in [-0.2, 0) is 25.7 Å². The number of fused-ring (bicyclic) bond motifs is 12. The molecule has 0 fully saturated rings. The summed E-state index contributed by atoms with van der Waals surface area (Å²) >= 11 is 0. The molecule has 0 saturated carbocycles. The monoisotopic (exact) mass is 965 g/mol. The third kappa shape index (κ3) is 14.9. The molecular weight excluding hydrogens is 865 g/mol. The summed E-state index contributed by atoms with van der Waals surface area (Å²) in [5, 5.41) is 0. The van der Waals surface area contributed by atoms with Gasteiger partial charge in [-0.25, -0.2) is 0 Å². The van der Waals surface area contributed by atoms with Crippen molar-refractivity contribution >= 4 is 0 Å². The Labute approximate surface area is 445 Å². The van der Waals surface area contributed by atoms with Crippen LogP contribution in [-0.4, -0.2) is 0 Å². The summed E-state index contributed by atoms with van der Waals surface area (Å²) in [6.07, 6.45) is 4.42. The fourth-order valence-corrected chi connectivity index (χ4v) is 9.87. The zero-order chi connectivity index (χ0) is 45.7. The topological polar surface area (TPSA) is 0 Å². The van der Waals surface area contributed by atoms with E-state index in [1.807, 2.05) is 27.7 Å². The van der Waals surface area contributed by atoms with Gasteiger partial charge in [0.25, 0.3) is 0 Å². The number of benzene rings is 8. The maximum absolute atomic E-state index is 2.31. The lowest BCUT2D eigenvalue weighted by atomic mass is 10.0. The van der Waals surface area contributed by atoms with E-state index in [0.29, 0.717) is 0 Å². The zero-order valence-corrected chi connectivity index (χ0v) is 40.7. The largest absolute Gasteiger partial charge is 0.0776 e. The van der Waals surface area contributed by atoms with Gasteiger partial charge in [0.15, 0.2) is 0 Å². The third-order valence-corrected chi connectivity index (χ3v) is 12.8. The van der Waals surface area contributed by atoms with Crippen LogP contribution in [0, 0.1) is 55.4 Å². The van der Waals surface area contributed by atoms with Crippen LogP contribution >= 0.6 is 0 Å². The molecule has 0 atom stereocenters. The molecular formula is C72H100. The number of aryl methyl sites for hydroxylation is 8. The lowest BCUT2D eigenvalue weighted by molar-refractivity contribution is 1.24. The molecule has 0 aliphatic heterocycles. The molecule has 4 aliphatic rings. The minimum Gasteiger partial charge on any atom is -0.0776 e. The molecule has 72 heavy (non-hydrogen) atoms. The highest BCUT2D eigenvalue weighted by Crippen LogP contribution is 2.40. The van der Waals surface area contributed by atoms with Gasteiger partial charge in [0, 0.05) is 0 Å². The molecule has 0 N–H and O–H groups in total. The molecule has 8 aromatic rings. The Morgan fingerprint density at radius 1 is 0.181 bits per heavy atom. The second-order valence-corrected chi connectivity index (χ2v) is 18.0. The molecule has 4 aliphatic carbocycles. The van der Waals surface area contributed by atoms with Crippen LogP contribution in [0.1, 0.15) is 176 Å². The minimum atomic E-state index is 0. The van der Waals surface area contributed by atoms with Crippen molar-refractivity contribution in [2.45, 2.75) is 168 Å². The van der Waals surface area contributed by atoms with Gasteiger partial charge in [0.1, 0.15) is 0 Å². The molecule has 0 heterocycles. The van der Waals surface area contributed by atoms with E-state index in [1.165, 1.54) is 134 Å². The Balaban J connectivity index is 0. The van der Waals surface area contributed by atoms with Crippen molar-refractivity contribution in [2.24, 2.45) is 0 Å². The molecule has 0 nitrogen and oxygen atoms in total. The van der Waals surface area contributed by atoms with Crippen LogP contribution in [0.5, 0.6) is 0 Å². The van der Waals surface area contributed by atoms with E-state index in [-0.39, 0.29) is 59.4 Å². The highest BCUT2D eigenvalue weighted by molar-refractivity contribution is 5.80. The normalized spacial score (nSPS) is 10.5. The Hall–Kier alpha value is -6.24. The molecule has 388 valence electrons. The van der Waals surface area contributed by atoms with Crippen LogP contribution in [0.2, 0.25) is 0 Å². The smallest absolute Gasteiger partial charge is 0.00133 e. The predicted molar refractivity (Wildman–Crippen MR) is 333 cm³/mol. The summed E-state index contributed by atoms with van der Waals surface area (Å²) in [5.74, 6) is 0. The molecule has 8 aromatic carbocycles. The molecule has 0 bridgehead atoms. The van der Waals surface area contributed by atoms with E-state index >= 15 is 0 Å². The Morgan fingerprint density at radius 3 is 0.375 bits per heavy atom. The minimum absolute atomic E-state index is 0. The van der Waals surface area contributed by atoms with Crippen molar-refractivity contribution in [2.75, 3.05) is 0 Å². The van der Waals surface area contributed by atoms with Crippen molar-refractivity contribution in [3.8, 4) is 44.5 Å². The lowest BCUT2D eigenvalue weighted by Crippen LogP contribution is -1.81. The molecule has 0 heteroatoms. The highest BCUT2D eigenvalue weighted by Gasteiger charge is 2.21. The second kappa shape index (κ2) is 29.9. The predicted octanol–water partition coefficient (Wildman–Crippen LogP) is 22.6. The van der Waals surface area contributed by atoms with Gasteiger partial charge in [-0.05, 0) is 170 Å². The van der Waals surface area contributed by atoms with Crippen molar-refractivity contribution in [1.82, 2.24) is 0 Å². The molecule has 0 saturated heterocycles. The van der Waals surface area contributed by atoms with E-state index in [4.69, 9.17) is 0 Å². The van der Waals surface area contributed by atoms with Gasteiger partial charge in [0.2, 0.25) is 0 Å². The highest BCUT2D eigenvalue weighted by atomic mass is 14.2. The standard InChI is InChI=1S/4C15H14.2C2H6.8CH4/c4*1-10-3-5-14-12(7-10)9-13-8-11(2)4-6-15(13)14;2*1-2;;;;;;;;/h4*3-8H,9H2,1-2H3;2*1-2H3;8*1H4. The van der Waals surface area contributed by atoms with E-state index in [9.17, 15) is 0 Å². The third-order valence-electron chi connectivity index (χ3n) is 12.8. The lowest BCUT2D eigenvalue weighted by Gasteiger charge is -2.01. The average Bonchev–Trinajstić information content (AvgIpc) is 4.03. The Morgan fingerprint density at radius 2 is 0.278 bits per heavy atom. The molecule has 0 aromatic heterocycles. The molecule has 0 unspecified atom stereocenters. The van der Waals surface area contributed by atoms with E-state index < -0.39 is 0 Å². The summed E-state index contributed by atoms with van der Waals surface area (Å²) < 4.78 is 0. The molecule has 0 radical (unpaired) electrons. The van der Waals surface area contributed by atoms with Gasteiger partial charge < -0.3 is 0 Å². The Bertz CT molecular complexity index is 2350. The van der Waals surface area contributed by atoms with Gasteiger partial charge in [-0.15, -0.1) is 0 Å². The SMILES string of the molecule is C.C.C.C.C.C.C.C.CC.CC.Cc1ccc2c(c1)Cc1cc(C)ccc1-2.Cc1ccc2c(c1)Cc1cc(C)ccc1-2.Cc1ccc2c(c1)Cc1cc(C)ccc1-2.Cc1ccc2c(c1)Cc1cc(C)ccc1-2. The summed E-state index contributed by atoms with van der Waals surface area (Å²) in [6, 6.07) is 54.1.